The fourth-order valence-corrected chi connectivity index (χ4v) is 2.31. The highest BCUT2D eigenvalue weighted by atomic mass is 35.5. The van der Waals surface area contributed by atoms with Crippen molar-refractivity contribution in [1.29, 1.82) is 0 Å². The number of Topliss-reactive ketones (excluding diaryl/α,β-unsaturated/α-hetero) is 1. The Morgan fingerprint density at radius 1 is 1.38 bits per heavy atom. The lowest BCUT2D eigenvalue weighted by atomic mass is 9.91. The third-order valence-corrected chi connectivity index (χ3v) is 3.36. The highest BCUT2D eigenvalue weighted by Gasteiger charge is 2.40. The first kappa shape index (κ1) is 11.6. The van der Waals surface area contributed by atoms with Crippen LogP contribution in [-0.2, 0) is 0 Å². The zero-order valence-electron chi connectivity index (χ0n) is 8.67. The van der Waals surface area contributed by atoms with Crippen LogP contribution in [0.25, 0.3) is 0 Å². The molecule has 0 heterocycles. The topological polar surface area (TPSA) is 37.3 Å². The van der Waals surface area contributed by atoms with Crippen LogP contribution in [0.5, 0.6) is 0 Å². The Bertz CT molecular complexity index is 425. The van der Waals surface area contributed by atoms with Crippen molar-refractivity contribution in [3.05, 3.63) is 34.6 Å². The molecule has 1 saturated carbocycles. The molecule has 1 N–H and O–H groups in total. The smallest absolute Gasteiger partial charge is 0.195 e. The molecule has 0 radical (unpaired) electrons. The Kier molecular flexibility index (Phi) is 3.00. The van der Waals surface area contributed by atoms with Gasteiger partial charge in [-0.2, -0.15) is 0 Å². The Labute approximate surface area is 98.0 Å². The van der Waals surface area contributed by atoms with Crippen LogP contribution < -0.4 is 0 Å². The molecule has 0 aliphatic heterocycles. The van der Waals surface area contributed by atoms with E-state index in [0.717, 1.165) is 18.9 Å². The van der Waals surface area contributed by atoms with Crippen molar-refractivity contribution in [1.82, 2.24) is 0 Å². The molecule has 0 amide bonds. The van der Waals surface area contributed by atoms with Crippen molar-refractivity contribution in [3.8, 4) is 0 Å². The zero-order chi connectivity index (χ0) is 11.8. The van der Waals surface area contributed by atoms with Gasteiger partial charge in [-0.3, -0.25) is 4.79 Å². The number of ketones is 1. The molecule has 0 unspecified atom stereocenters. The van der Waals surface area contributed by atoms with Gasteiger partial charge in [-0.25, -0.2) is 4.39 Å². The van der Waals surface area contributed by atoms with E-state index in [-0.39, 0.29) is 10.6 Å². The van der Waals surface area contributed by atoms with Gasteiger partial charge in [0.25, 0.3) is 0 Å². The minimum Gasteiger partial charge on any atom is -0.382 e. The summed E-state index contributed by atoms with van der Waals surface area (Å²) in [7, 11) is 0. The summed E-state index contributed by atoms with van der Waals surface area (Å²) in [4.78, 5) is 12.0. The molecule has 1 aliphatic rings. The van der Waals surface area contributed by atoms with Gasteiger partial charge in [-0.1, -0.05) is 11.6 Å². The second-order valence-electron chi connectivity index (χ2n) is 4.19. The second kappa shape index (κ2) is 4.15. The summed E-state index contributed by atoms with van der Waals surface area (Å²) in [5, 5.41) is 10.3. The molecule has 0 aromatic heterocycles. The van der Waals surface area contributed by atoms with E-state index in [2.05, 4.69) is 0 Å². The number of carbonyl (C=O) groups is 1. The molecule has 2 rings (SSSR count). The van der Waals surface area contributed by atoms with Crippen LogP contribution in [-0.4, -0.2) is 16.5 Å². The zero-order valence-corrected chi connectivity index (χ0v) is 9.43. The maximum absolute atomic E-state index is 13.0. The van der Waals surface area contributed by atoms with Crippen LogP contribution in [0.1, 0.15) is 36.0 Å². The van der Waals surface area contributed by atoms with Crippen molar-refractivity contribution in [2.75, 3.05) is 0 Å². The van der Waals surface area contributed by atoms with Gasteiger partial charge in [-0.15, -0.1) is 0 Å². The van der Waals surface area contributed by atoms with E-state index >= 15 is 0 Å². The van der Waals surface area contributed by atoms with E-state index in [4.69, 9.17) is 11.6 Å². The van der Waals surface area contributed by atoms with Gasteiger partial charge in [0.2, 0.25) is 0 Å². The molecule has 0 atom stereocenters. The molecule has 0 spiro atoms. The van der Waals surface area contributed by atoms with Crippen LogP contribution in [0.15, 0.2) is 18.2 Å². The monoisotopic (exact) mass is 242 g/mol. The van der Waals surface area contributed by atoms with Gasteiger partial charge in [0.15, 0.2) is 5.78 Å². The summed E-state index contributed by atoms with van der Waals surface area (Å²) in [5.41, 5.74) is -1.27. The Hall–Kier alpha value is -0.930. The van der Waals surface area contributed by atoms with Gasteiger partial charge in [0.05, 0.1) is 5.02 Å². The van der Waals surface area contributed by atoms with Crippen LogP contribution in [0.3, 0.4) is 0 Å². The molecule has 16 heavy (non-hydrogen) atoms. The highest BCUT2D eigenvalue weighted by Crippen LogP contribution is 2.34. The van der Waals surface area contributed by atoms with E-state index in [1.54, 1.807) is 0 Å². The second-order valence-corrected chi connectivity index (χ2v) is 4.60. The molecule has 0 bridgehead atoms. The van der Waals surface area contributed by atoms with Crippen molar-refractivity contribution in [2.45, 2.75) is 31.3 Å². The van der Waals surface area contributed by atoms with E-state index in [1.165, 1.54) is 12.1 Å². The maximum Gasteiger partial charge on any atom is 0.195 e. The molecule has 1 aliphatic carbocycles. The molecular formula is C12H12ClFO2. The van der Waals surface area contributed by atoms with Crippen LogP contribution in [0.4, 0.5) is 4.39 Å². The van der Waals surface area contributed by atoms with Gasteiger partial charge in [0, 0.05) is 5.56 Å². The molecule has 1 aromatic carbocycles. The summed E-state index contributed by atoms with van der Waals surface area (Å²) >= 11 is 5.83. The lowest BCUT2D eigenvalue weighted by molar-refractivity contribution is 0.0353. The summed E-state index contributed by atoms with van der Waals surface area (Å²) < 4.78 is 13.0. The predicted molar refractivity (Wildman–Crippen MR) is 59.2 cm³/mol. The number of benzene rings is 1. The highest BCUT2D eigenvalue weighted by molar-refractivity contribution is 6.34. The van der Waals surface area contributed by atoms with Crippen molar-refractivity contribution in [3.63, 3.8) is 0 Å². The van der Waals surface area contributed by atoms with Crippen molar-refractivity contribution < 1.29 is 14.3 Å². The van der Waals surface area contributed by atoms with Crippen molar-refractivity contribution in [2.24, 2.45) is 0 Å². The Morgan fingerprint density at radius 2 is 2.00 bits per heavy atom. The standard InChI is InChI=1S/C12H12ClFO2/c13-10-4-3-8(14)7-9(10)11(15)12(16)5-1-2-6-12/h3-4,7,16H,1-2,5-6H2. The predicted octanol–water partition coefficient (Wildman–Crippen LogP) is 2.97. The molecule has 86 valence electrons. The number of hydrogen-bond acceptors (Lipinski definition) is 2. The first-order valence-corrected chi connectivity index (χ1v) is 5.63. The average molecular weight is 243 g/mol. The third-order valence-electron chi connectivity index (χ3n) is 3.03. The lowest BCUT2D eigenvalue weighted by Crippen LogP contribution is -2.35. The number of halogens is 2. The number of carbonyl (C=O) groups excluding carboxylic acids is 1. The minimum absolute atomic E-state index is 0.0751. The number of rotatable bonds is 2. The SMILES string of the molecule is O=C(c1cc(F)ccc1Cl)C1(O)CCCC1. The molecule has 4 heteroatoms. The quantitative estimate of drug-likeness (QED) is 0.810. The largest absolute Gasteiger partial charge is 0.382 e. The first-order valence-electron chi connectivity index (χ1n) is 5.25. The molecule has 1 fully saturated rings. The van der Waals surface area contributed by atoms with Gasteiger partial charge >= 0.3 is 0 Å². The lowest BCUT2D eigenvalue weighted by Gasteiger charge is -2.20. The third kappa shape index (κ3) is 1.97. The molecular weight excluding hydrogens is 231 g/mol. The normalized spacial score (nSPS) is 18.7. The average Bonchev–Trinajstić information content (AvgIpc) is 2.69. The van der Waals surface area contributed by atoms with E-state index in [9.17, 15) is 14.3 Å². The molecule has 2 nitrogen and oxygen atoms in total. The van der Waals surface area contributed by atoms with Gasteiger partial charge in [-0.05, 0) is 43.9 Å². The maximum atomic E-state index is 13.0. The van der Waals surface area contributed by atoms with Gasteiger partial charge < -0.3 is 5.11 Å². The Morgan fingerprint density at radius 3 is 2.62 bits per heavy atom. The fraction of sp³-hybridized carbons (Fsp3) is 0.417. The van der Waals surface area contributed by atoms with E-state index in [0.29, 0.717) is 12.8 Å². The number of hydrogen-bond donors (Lipinski definition) is 1. The van der Waals surface area contributed by atoms with E-state index in [1.807, 2.05) is 0 Å². The van der Waals surface area contributed by atoms with Gasteiger partial charge in [0.1, 0.15) is 11.4 Å². The summed E-state index contributed by atoms with van der Waals surface area (Å²) in [6.45, 7) is 0. The fourth-order valence-electron chi connectivity index (χ4n) is 2.11. The molecule has 0 saturated heterocycles. The van der Waals surface area contributed by atoms with Crippen LogP contribution in [0.2, 0.25) is 5.02 Å². The first-order chi connectivity index (χ1) is 7.53. The summed E-state index contributed by atoms with van der Waals surface area (Å²) in [6.07, 6.45) is 2.49. The van der Waals surface area contributed by atoms with Crippen LogP contribution in [0, 0.1) is 5.82 Å². The summed E-state index contributed by atoms with van der Waals surface area (Å²) in [6, 6.07) is 3.61. The van der Waals surface area contributed by atoms with E-state index < -0.39 is 17.2 Å². The van der Waals surface area contributed by atoms with Crippen LogP contribution >= 0.6 is 11.6 Å². The van der Waals surface area contributed by atoms with Crippen molar-refractivity contribution >= 4 is 17.4 Å². The Balaban J connectivity index is 2.36. The summed E-state index contributed by atoms with van der Waals surface area (Å²) in [5.74, 6) is -0.983. The minimum atomic E-state index is -1.35. The number of aliphatic hydroxyl groups is 1. The molecule has 1 aromatic rings.